The standard InChI is InChI=1S/C8H10BrNO.ClH/c1-10(2,11)8-5-3-7(9)4-6-8;/h3-6H,1-2H3;1H. The highest BCUT2D eigenvalue weighted by molar-refractivity contribution is 9.10. The summed E-state index contributed by atoms with van der Waals surface area (Å²) in [6, 6.07) is 7.37. The quantitative estimate of drug-likeness (QED) is 0.557. The molecule has 1 aromatic carbocycles. The van der Waals surface area contributed by atoms with Crippen LogP contribution in [0.1, 0.15) is 0 Å². The van der Waals surface area contributed by atoms with Crippen LogP contribution in [0, 0.1) is 5.21 Å². The third-order valence-electron chi connectivity index (χ3n) is 1.45. The highest BCUT2D eigenvalue weighted by Gasteiger charge is 2.05. The molecule has 0 heterocycles. The molecule has 1 rings (SSSR count). The second-order valence-corrected chi connectivity index (χ2v) is 3.74. The number of nitrogens with zero attached hydrogens (tertiary/aromatic N) is 1. The Labute approximate surface area is 86.9 Å². The van der Waals surface area contributed by atoms with Crippen molar-refractivity contribution >= 4 is 34.0 Å². The van der Waals surface area contributed by atoms with E-state index in [1.54, 1.807) is 14.1 Å². The normalized spacial score (nSPS) is 10.7. The van der Waals surface area contributed by atoms with Crippen LogP contribution in [0.4, 0.5) is 5.69 Å². The Bertz CT molecular complexity index is 242. The number of halogens is 2. The minimum absolute atomic E-state index is 0. The highest BCUT2D eigenvalue weighted by atomic mass is 79.9. The van der Waals surface area contributed by atoms with Crippen LogP contribution < -0.4 is 4.65 Å². The maximum Gasteiger partial charge on any atom is 0.132 e. The van der Waals surface area contributed by atoms with Crippen molar-refractivity contribution < 1.29 is 0 Å². The monoisotopic (exact) mass is 251 g/mol. The molecule has 0 N–H and O–H groups in total. The summed E-state index contributed by atoms with van der Waals surface area (Å²) in [6.07, 6.45) is 0. The van der Waals surface area contributed by atoms with Gasteiger partial charge in [0, 0.05) is 16.6 Å². The van der Waals surface area contributed by atoms with Crippen molar-refractivity contribution in [3.63, 3.8) is 0 Å². The molecule has 0 fully saturated rings. The molecule has 0 unspecified atom stereocenters. The van der Waals surface area contributed by atoms with Gasteiger partial charge in [-0.25, -0.2) is 0 Å². The maximum absolute atomic E-state index is 11.3. The molecule has 4 heteroatoms. The van der Waals surface area contributed by atoms with E-state index in [-0.39, 0.29) is 17.1 Å². The largest absolute Gasteiger partial charge is 0.628 e. The molecule has 0 radical (unpaired) electrons. The second kappa shape index (κ2) is 4.23. The zero-order valence-electron chi connectivity index (χ0n) is 6.95. The molecule has 2 nitrogen and oxygen atoms in total. The summed E-state index contributed by atoms with van der Waals surface area (Å²) < 4.78 is 0.613. The van der Waals surface area contributed by atoms with Crippen molar-refractivity contribution in [2.45, 2.75) is 0 Å². The molecule has 1 aromatic rings. The molecule has 68 valence electrons. The van der Waals surface area contributed by atoms with Crippen LogP contribution >= 0.6 is 28.3 Å². The zero-order valence-corrected chi connectivity index (χ0v) is 9.35. The lowest BCUT2D eigenvalue weighted by Crippen LogP contribution is -2.32. The maximum atomic E-state index is 11.3. The van der Waals surface area contributed by atoms with Gasteiger partial charge in [-0.1, -0.05) is 15.9 Å². The Balaban J connectivity index is 0.00000121. The molecular formula is C8H11BrClNO. The number of hydroxylamine groups is 2. The summed E-state index contributed by atoms with van der Waals surface area (Å²) in [5, 5.41) is 11.3. The van der Waals surface area contributed by atoms with Gasteiger partial charge >= 0.3 is 0 Å². The molecule has 0 aliphatic heterocycles. The number of hydrogen-bond acceptors (Lipinski definition) is 1. The molecule has 0 spiro atoms. The lowest BCUT2D eigenvalue weighted by atomic mass is 10.3. The molecule has 0 atom stereocenters. The zero-order chi connectivity index (χ0) is 8.48. The van der Waals surface area contributed by atoms with Crippen LogP contribution in [0.2, 0.25) is 0 Å². The second-order valence-electron chi connectivity index (χ2n) is 2.83. The van der Waals surface area contributed by atoms with E-state index in [1.807, 2.05) is 24.3 Å². The van der Waals surface area contributed by atoms with Gasteiger partial charge in [0.25, 0.3) is 0 Å². The fourth-order valence-corrected chi connectivity index (χ4v) is 1.06. The Hall–Kier alpha value is -0.0900. The van der Waals surface area contributed by atoms with Crippen LogP contribution in [0.3, 0.4) is 0 Å². The predicted octanol–water partition coefficient (Wildman–Crippen LogP) is 2.94. The average molecular weight is 253 g/mol. The number of rotatable bonds is 1. The molecule has 0 aromatic heterocycles. The molecular weight excluding hydrogens is 241 g/mol. The van der Waals surface area contributed by atoms with Gasteiger partial charge in [-0.3, -0.25) is 0 Å². The summed E-state index contributed by atoms with van der Waals surface area (Å²) in [5.74, 6) is 0. The van der Waals surface area contributed by atoms with E-state index in [9.17, 15) is 5.21 Å². The number of hydrogen-bond donors (Lipinski definition) is 0. The average Bonchev–Trinajstić information content (AvgIpc) is 1.86. The van der Waals surface area contributed by atoms with Gasteiger partial charge in [0.2, 0.25) is 0 Å². The van der Waals surface area contributed by atoms with E-state index in [1.165, 1.54) is 0 Å². The topological polar surface area (TPSA) is 23.1 Å². The van der Waals surface area contributed by atoms with Crippen LogP contribution in [0.25, 0.3) is 0 Å². The van der Waals surface area contributed by atoms with Gasteiger partial charge in [-0.15, -0.1) is 12.4 Å². The van der Waals surface area contributed by atoms with E-state index < -0.39 is 0 Å². The molecule has 0 aliphatic rings. The van der Waals surface area contributed by atoms with Crippen LogP contribution in [-0.4, -0.2) is 14.1 Å². The Kier molecular flexibility index (Phi) is 4.20. The van der Waals surface area contributed by atoms with Crippen molar-refractivity contribution in [3.05, 3.63) is 33.9 Å². The van der Waals surface area contributed by atoms with Crippen molar-refractivity contribution in [3.8, 4) is 0 Å². The van der Waals surface area contributed by atoms with Gasteiger partial charge < -0.3 is 9.85 Å². The minimum Gasteiger partial charge on any atom is -0.628 e. The first-order chi connectivity index (χ1) is 5.00. The Morgan fingerprint density at radius 1 is 1.17 bits per heavy atom. The van der Waals surface area contributed by atoms with Crippen LogP contribution in [0.15, 0.2) is 28.7 Å². The van der Waals surface area contributed by atoms with E-state index in [4.69, 9.17) is 0 Å². The summed E-state index contributed by atoms with van der Waals surface area (Å²) in [6.45, 7) is 0. The van der Waals surface area contributed by atoms with Gasteiger partial charge in [-0.05, 0) is 12.1 Å². The van der Waals surface area contributed by atoms with Crippen molar-refractivity contribution in [2.24, 2.45) is 0 Å². The van der Waals surface area contributed by atoms with Crippen LogP contribution in [-0.2, 0) is 0 Å². The first-order valence-electron chi connectivity index (χ1n) is 3.31. The number of benzene rings is 1. The summed E-state index contributed by atoms with van der Waals surface area (Å²) in [5.41, 5.74) is 0.758. The smallest absolute Gasteiger partial charge is 0.132 e. The fourth-order valence-electron chi connectivity index (χ4n) is 0.800. The lowest BCUT2D eigenvalue weighted by molar-refractivity contribution is 0.543. The molecule has 0 bridgehead atoms. The predicted molar refractivity (Wildman–Crippen MR) is 58.4 cm³/mol. The molecule has 0 saturated heterocycles. The van der Waals surface area contributed by atoms with Crippen LogP contribution in [0.5, 0.6) is 0 Å². The molecule has 0 saturated carbocycles. The molecule has 0 aliphatic carbocycles. The Morgan fingerprint density at radius 3 is 1.92 bits per heavy atom. The first kappa shape index (κ1) is 11.9. The van der Waals surface area contributed by atoms with E-state index >= 15 is 0 Å². The highest BCUT2D eigenvalue weighted by Crippen LogP contribution is 2.20. The Morgan fingerprint density at radius 2 is 1.58 bits per heavy atom. The summed E-state index contributed by atoms with van der Waals surface area (Å²) in [4.78, 5) is 0. The van der Waals surface area contributed by atoms with E-state index in [0.29, 0.717) is 0 Å². The van der Waals surface area contributed by atoms with Crippen molar-refractivity contribution in [2.75, 3.05) is 14.1 Å². The molecule has 12 heavy (non-hydrogen) atoms. The fraction of sp³-hybridized carbons (Fsp3) is 0.250. The van der Waals surface area contributed by atoms with E-state index in [0.717, 1.165) is 10.2 Å². The SMILES string of the molecule is C[N+](C)([O-])c1ccc(Br)cc1.Cl. The lowest BCUT2D eigenvalue weighted by Gasteiger charge is -2.32. The molecule has 0 amide bonds. The van der Waals surface area contributed by atoms with Gasteiger partial charge in [0.15, 0.2) is 0 Å². The van der Waals surface area contributed by atoms with Crippen molar-refractivity contribution in [1.82, 2.24) is 4.65 Å². The minimum atomic E-state index is -0.382. The van der Waals surface area contributed by atoms with Gasteiger partial charge in [-0.2, -0.15) is 0 Å². The summed E-state index contributed by atoms with van der Waals surface area (Å²) in [7, 11) is 3.20. The van der Waals surface area contributed by atoms with Gasteiger partial charge in [0.05, 0.1) is 14.1 Å². The van der Waals surface area contributed by atoms with E-state index in [2.05, 4.69) is 15.9 Å². The summed E-state index contributed by atoms with van der Waals surface area (Å²) >= 11 is 3.30. The van der Waals surface area contributed by atoms with Crippen molar-refractivity contribution in [1.29, 1.82) is 0 Å². The first-order valence-corrected chi connectivity index (χ1v) is 4.10. The third-order valence-corrected chi connectivity index (χ3v) is 1.98. The van der Waals surface area contributed by atoms with Gasteiger partial charge in [0.1, 0.15) is 5.69 Å². The third kappa shape index (κ3) is 3.11. The number of quaternary nitrogens is 1.